The molecule has 5 nitrogen and oxygen atoms in total. The topological polar surface area (TPSA) is 59.0 Å². The molecule has 0 saturated carbocycles. The van der Waals surface area contributed by atoms with Crippen molar-refractivity contribution in [3.63, 3.8) is 0 Å². The van der Waals surface area contributed by atoms with Crippen molar-refractivity contribution in [2.45, 2.75) is 5.60 Å². The summed E-state index contributed by atoms with van der Waals surface area (Å²) < 4.78 is 12.6. The molecule has 1 atom stereocenters. The first-order chi connectivity index (χ1) is 15.0. The number of rotatable bonds is 1. The first-order valence-corrected chi connectivity index (χ1v) is 10.1. The highest BCUT2D eigenvalue weighted by Gasteiger charge is 2.53. The van der Waals surface area contributed by atoms with Crippen LogP contribution in [0.5, 0.6) is 17.2 Å². The van der Waals surface area contributed by atoms with Gasteiger partial charge in [0.25, 0.3) is 0 Å². The predicted octanol–water partition coefficient (Wildman–Crippen LogP) is 5.18. The third kappa shape index (κ3) is 2.23. The summed E-state index contributed by atoms with van der Waals surface area (Å²) >= 11 is 0. The van der Waals surface area contributed by atoms with E-state index in [2.05, 4.69) is 0 Å². The zero-order valence-corrected chi connectivity index (χ0v) is 17.0. The van der Waals surface area contributed by atoms with E-state index < -0.39 is 5.60 Å². The fraction of sp³-hybridized carbons (Fsp3) is 0.115. The lowest BCUT2D eigenvalue weighted by Crippen LogP contribution is -2.33. The molecular formula is C26H19NO4. The van der Waals surface area contributed by atoms with Crippen molar-refractivity contribution in [3.05, 3.63) is 95.1 Å². The molecule has 2 aliphatic heterocycles. The van der Waals surface area contributed by atoms with Gasteiger partial charge in [0.05, 0.1) is 10.9 Å². The maximum Gasteiger partial charge on any atom is 0.340 e. The van der Waals surface area contributed by atoms with Gasteiger partial charge in [-0.1, -0.05) is 36.4 Å². The monoisotopic (exact) mass is 409 g/mol. The van der Waals surface area contributed by atoms with Crippen molar-refractivity contribution >= 4 is 22.4 Å². The van der Waals surface area contributed by atoms with Gasteiger partial charge in [-0.2, -0.15) is 0 Å². The second kappa shape index (κ2) is 6.01. The molecule has 5 heteroatoms. The number of carbonyl (C=O) groups excluding carboxylic acids is 1. The molecule has 2 aliphatic rings. The highest BCUT2D eigenvalue weighted by Crippen LogP contribution is 2.58. The highest BCUT2D eigenvalue weighted by molar-refractivity contribution is 6.00. The molecule has 0 saturated heterocycles. The molecule has 0 aliphatic carbocycles. The predicted molar refractivity (Wildman–Crippen MR) is 118 cm³/mol. The Morgan fingerprint density at radius 3 is 2.52 bits per heavy atom. The summed E-state index contributed by atoms with van der Waals surface area (Å²) in [4.78, 5) is 14.9. The number of phenolic OH excluding ortho intramolecular Hbond substituents is 1. The van der Waals surface area contributed by atoms with Gasteiger partial charge in [0.1, 0.15) is 17.2 Å². The third-order valence-corrected chi connectivity index (χ3v) is 6.20. The van der Waals surface area contributed by atoms with E-state index in [1.54, 1.807) is 18.2 Å². The van der Waals surface area contributed by atoms with Crippen molar-refractivity contribution in [2.24, 2.45) is 0 Å². The number of aromatic hydroxyl groups is 1. The van der Waals surface area contributed by atoms with Gasteiger partial charge in [0.2, 0.25) is 0 Å². The Bertz CT molecular complexity index is 1410. The van der Waals surface area contributed by atoms with Crippen molar-refractivity contribution < 1.29 is 19.4 Å². The Kier molecular flexibility index (Phi) is 3.46. The zero-order chi connectivity index (χ0) is 21.3. The van der Waals surface area contributed by atoms with Crippen LogP contribution in [-0.2, 0) is 10.3 Å². The molecule has 4 aromatic carbocycles. The lowest BCUT2D eigenvalue weighted by molar-refractivity contribution is 0.0225. The van der Waals surface area contributed by atoms with Crippen LogP contribution in [0, 0.1) is 0 Å². The number of benzene rings is 4. The van der Waals surface area contributed by atoms with Crippen LogP contribution in [0.3, 0.4) is 0 Å². The lowest BCUT2D eigenvalue weighted by Gasteiger charge is -2.37. The molecule has 31 heavy (non-hydrogen) atoms. The van der Waals surface area contributed by atoms with E-state index in [1.807, 2.05) is 73.6 Å². The largest absolute Gasteiger partial charge is 0.507 e. The van der Waals surface area contributed by atoms with Crippen LogP contribution in [0.15, 0.2) is 72.8 Å². The summed E-state index contributed by atoms with van der Waals surface area (Å²) in [6.07, 6.45) is 0. The number of hydrogen-bond acceptors (Lipinski definition) is 5. The van der Waals surface area contributed by atoms with Gasteiger partial charge >= 0.3 is 5.97 Å². The summed E-state index contributed by atoms with van der Waals surface area (Å²) in [6.45, 7) is 0. The number of fused-ring (bicyclic) bond motifs is 8. The second-order valence-electron chi connectivity index (χ2n) is 8.11. The average Bonchev–Trinajstić information content (AvgIpc) is 3.06. The SMILES string of the molecule is CN(C)c1ccc2c(c1)Oc1c(ccc3cccc(O)c13)C21OC(=O)c2ccccc21. The molecule has 0 bridgehead atoms. The molecule has 0 amide bonds. The number of phenols is 1. The summed E-state index contributed by atoms with van der Waals surface area (Å²) in [5, 5.41) is 12.1. The summed E-state index contributed by atoms with van der Waals surface area (Å²) in [5.74, 6) is 0.847. The smallest absolute Gasteiger partial charge is 0.340 e. The van der Waals surface area contributed by atoms with E-state index in [0.29, 0.717) is 28.0 Å². The summed E-state index contributed by atoms with van der Waals surface area (Å²) in [6, 6.07) is 22.5. The maximum absolute atomic E-state index is 12.9. The Labute approximate surface area is 179 Å². The summed E-state index contributed by atoms with van der Waals surface area (Å²) in [5.41, 5.74) is 2.59. The Balaban J connectivity index is 1.76. The van der Waals surface area contributed by atoms with Crippen LogP contribution in [0.4, 0.5) is 5.69 Å². The standard InChI is InChI=1S/C26H19NO4/c1-27(2)16-11-13-19-22(14-16)30-24-20(12-10-15-6-5-9-21(28)23(15)24)26(19)18-8-4-3-7-17(18)25(29)31-26/h3-14,28H,1-2H3. The van der Waals surface area contributed by atoms with Gasteiger partial charge in [0.15, 0.2) is 5.60 Å². The number of esters is 1. The Morgan fingerprint density at radius 1 is 0.871 bits per heavy atom. The fourth-order valence-electron chi connectivity index (χ4n) is 4.75. The van der Waals surface area contributed by atoms with Crippen molar-refractivity contribution in [1.29, 1.82) is 0 Å². The van der Waals surface area contributed by atoms with Crippen molar-refractivity contribution in [1.82, 2.24) is 0 Å². The molecule has 2 heterocycles. The van der Waals surface area contributed by atoms with Gasteiger partial charge in [-0.15, -0.1) is 0 Å². The third-order valence-electron chi connectivity index (χ3n) is 6.20. The van der Waals surface area contributed by atoms with E-state index in [-0.39, 0.29) is 11.7 Å². The summed E-state index contributed by atoms with van der Waals surface area (Å²) in [7, 11) is 3.92. The van der Waals surface area contributed by atoms with E-state index in [4.69, 9.17) is 9.47 Å². The number of nitrogens with zero attached hydrogens (tertiary/aromatic N) is 1. The van der Waals surface area contributed by atoms with Crippen LogP contribution in [0.25, 0.3) is 10.8 Å². The van der Waals surface area contributed by atoms with Crippen LogP contribution in [0.1, 0.15) is 27.0 Å². The van der Waals surface area contributed by atoms with Crippen molar-refractivity contribution in [3.8, 4) is 17.2 Å². The molecule has 152 valence electrons. The second-order valence-corrected chi connectivity index (χ2v) is 8.11. The van der Waals surface area contributed by atoms with E-state index in [0.717, 1.165) is 22.2 Å². The van der Waals surface area contributed by atoms with Crippen LogP contribution in [0.2, 0.25) is 0 Å². The Morgan fingerprint density at radius 2 is 1.68 bits per heavy atom. The molecule has 1 unspecified atom stereocenters. The van der Waals surface area contributed by atoms with Gasteiger partial charge in [-0.25, -0.2) is 4.79 Å². The zero-order valence-electron chi connectivity index (χ0n) is 17.0. The van der Waals surface area contributed by atoms with Gasteiger partial charge in [-0.3, -0.25) is 0 Å². The van der Waals surface area contributed by atoms with Crippen molar-refractivity contribution in [2.75, 3.05) is 19.0 Å². The number of ether oxygens (including phenoxy) is 2. The Hall–Kier alpha value is -3.99. The van der Waals surface area contributed by atoms with Gasteiger partial charge < -0.3 is 19.5 Å². The molecule has 0 fully saturated rings. The quantitative estimate of drug-likeness (QED) is 0.439. The first kappa shape index (κ1) is 17.8. The van der Waals surface area contributed by atoms with Gasteiger partial charge in [-0.05, 0) is 35.7 Å². The molecule has 0 aromatic heterocycles. The molecule has 1 spiro atoms. The minimum absolute atomic E-state index is 0.120. The molecule has 1 N–H and O–H groups in total. The van der Waals surface area contributed by atoms with E-state index >= 15 is 0 Å². The van der Waals surface area contributed by atoms with Gasteiger partial charge in [0, 0.05) is 42.5 Å². The van der Waals surface area contributed by atoms with Crippen LogP contribution in [-0.4, -0.2) is 25.2 Å². The van der Waals surface area contributed by atoms with E-state index in [9.17, 15) is 9.90 Å². The average molecular weight is 409 g/mol. The minimum Gasteiger partial charge on any atom is -0.507 e. The highest BCUT2D eigenvalue weighted by atomic mass is 16.6. The van der Waals surface area contributed by atoms with E-state index in [1.165, 1.54) is 0 Å². The molecule has 6 rings (SSSR count). The first-order valence-electron chi connectivity index (χ1n) is 10.1. The normalized spacial score (nSPS) is 18.2. The molecule has 0 radical (unpaired) electrons. The molecule has 4 aromatic rings. The van der Waals surface area contributed by atoms with Crippen LogP contribution < -0.4 is 9.64 Å². The lowest BCUT2D eigenvalue weighted by atomic mass is 9.77. The fourth-order valence-corrected chi connectivity index (χ4v) is 4.75. The maximum atomic E-state index is 12.9. The molecular weight excluding hydrogens is 390 g/mol. The number of anilines is 1. The minimum atomic E-state index is -1.14. The van der Waals surface area contributed by atoms with Crippen LogP contribution >= 0.6 is 0 Å². The number of hydrogen-bond donors (Lipinski definition) is 1. The number of carbonyl (C=O) groups is 1.